The zero-order valence-corrected chi connectivity index (χ0v) is 22.2. The number of rotatable bonds is 17. The molecule has 0 aromatic carbocycles. The van der Waals surface area contributed by atoms with E-state index < -0.39 is 47.9 Å². The topological polar surface area (TPSA) is 215 Å². The highest BCUT2D eigenvalue weighted by atomic mass is 32.2. The monoisotopic (exact) mass is 517 g/mol. The molecule has 202 valence electrons. The Morgan fingerprint density at radius 2 is 1.49 bits per heavy atom. The van der Waals surface area contributed by atoms with Crippen molar-refractivity contribution in [2.24, 2.45) is 34.0 Å². The molecule has 0 radical (unpaired) electrons. The van der Waals surface area contributed by atoms with Crippen molar-refractivity contribution in [1.82, 2.24) is 16.0 Å². The van der Waals surface area contributed by atoms with Gasteiger partial charge in [0.2, 0.25) is 17.7 Å². The third kappa shape index (κ3) is 13.8. The molecule has 0 aromatic rings. The number of nitrogens with one attached hydrogen (secondary N) is 3. The summed E-state index contributed by atoms with van der Waals surface area (Å²) in [6.45, 7) is 7.47. The van der Waals surface area contributed by atoms with Crippen LogP contribution in [0.15, 0.2) is 4.99 Å². The van der Waals surface area contributed by atoms with E-state index in [1.165, 1.54) is 11.8 Å². The number of hydrogen-bond donors (Lipinski definition) is 7. The van der Waals surface area contributed by atoms with Crippen molar-refractivity contribution >= 4 is 41.4 Å². The summed E-state index contributed by atoms with van der Waals surface area (Å²) >= 11 is 1.51. The lowest BCUT2D eigenvalue weighted by Gasteiger charge is -2.27. The number of thioether (sulfide) groups is 1. The molecule has 0 aliphatic carbocycles. The summed E-state index contributed by atoms with van der Waals surface area (Å²) in [7, 11) is 0. The maximum atomic E-state index is 13.1. The standard InChI is InChI=1S/C22H43N7O5S/c1-12(2)11-16(20(32)29-17(13(3)4)21(33)34)28-19(31)15(8-10-35-5)27-18(30)14(23)7-6-9-26-22(24)25/h12-17H,6-11,23H2,1-5H3,(H,27,30)(H,28,31)(H,29,32)(H,33,34)(H4,24,25,26). The number of guanidine groups is 1. The number of hydrogen-bond acceptors (Lipinski definition) is 7. The van der Waals surface area contributed by atoms with E-state index in [1.54, 1.807) is 13.8 Å². The number of nitrogens with zero attached hydrogens (tertiary/aromatic N) is 1. The first kappa shape index (κ1) is 32.5. The summed E-state index contributed by atoms with van der Waals surface area (Å²) in [5, 5.41) is 17.3. The van der Waals surface area contributed by atoms with Gasteiger partial charge in [0.25, 0.3) is 0 Å². The van der Waals surface area contributed by atoms with Gasteiger partial charge in [0.15, 0.2) is 5.96 Å². The third-order valence-electron chi connectivity index (χ3n) is 5.12. The molecule has 0 saturated carbocycles. The second kappa shape index (κ2) is 17.0. The van der Waals surface area contributed by atoms with Crippen molar-refractivity contribution in [3.05, 3.63) is 0 Å². The molecule has 0 spiro atoms. The molecule has 10 N–H and O–H groups in total. The molecule has 0 bridgehead atoms. The van der Waals surface area contributed by atoms with Gasteiger partial charge in [-0.2, -0.15) is 11.8 Å². The molecule has 0 aliphatic heterocycles. The summed E-state index contributed by atoms with van der Waals surface area (Å²) in [5.74, 6) is -2.50. The second-order valence-electron chi connectivity index (χ2n) is 9.16. The minimum absolute atomic E-state index is 0.0418. The fourth-order valence-electron chi connectivity index (χ4n) is 3.18. The molecule has 12 nitrogen and oxygen atoms in total. The average Bonchev–Trinajstić information content (AvgIpc) is 2.75. The number of carboxylic acids is 1. The van der Waals surface area contributed by atoms with Gasteiger partial charge in [-0.05, 0) is 49.5 Å². The van der Waals surface area contributed by atoms with Gasteiger partial charge < -0.3 is 38.3 Å². The Morgan fingerprint density at radius 1 is 0.914 bits per heavy atom. The first-order chi connectivity index (χ1) is 16.3. The molecular formula is C22H43N7O5S. The highest BCUT2D eigenvalue weighted by Crippen LogP contribution is 2.10. The molecule has 0 aromatic heterocycles. The minimum Gasteiger partial charge on any atom is -0.480 e. The summed E-state index contributed by atoms with van der Waals surface area (Å²) < 4.78 is 0. The van der Waals surface area contributed by atoms with Gasteiger partial charge in [0.05, 0.1) is 6.04 Å². The highest BCUT2D eigenvalue weighted by Gasteiger charge is 2.31. The summed E-state index contributed by atoms with van der Waals surface area (Å²) in [5.41, 5.74) is 16.5. The molecule has 0 saturated heterocycles. The third-order valence-corrected chi connectivity index (χ3v) is 5.76. The highest BCUT2D eigenvalue weighted by molar-refractivity contribution is 7.98. The van der Waals surface area contributed by atoms with Crippen LogP contribution in [0.3, 0.4) is 0 Å². The summed E-state index contributed by atoms with van der Waals surface area (Å²) in [6, 6.07) is -3.80. The number of aliphatic imine (C=N–C) groups is 1. The number of carboxylic acid groups (broad SMARTS) is 1. The molecular weight excluding hydrogens is 474 g/mol. The Kier molecular flexibility index (Phi) is 15.7. The fourth-order valence-corrected chi connectivity index (χ4v) is 3.65. The first-order valence-corrected chi connectivity index (χ1v) is 13.1. The average molecular weight is 518 g/mol. The van der Waals surface area contributed by atoms with Crippen molar-refractivity contribution < 1.29 is 24.3 Å². The van der Waals surface area contributed by atoms with Crippen molar-refractivity contribution in [3.63, 3.8) is 0 Å². The lowest BCUT2D eigenvalue weighted by molar-refractivity contribution is -0.143. The largest absolute Gasteiger partial charge is 0.480 e. The van der Waals surface area contributed by atoms with E-state index in [0.717, 1.165) is 0 Å². The quantitative estimate of drug-likeness (QED) is 0.0740. The van der Waals surface area contributed by atoms with E-state index in [4.69, 9.17) is 17.2 Å². The van der Waals surface area contributed by atoms with Crippen LogP contribution in [0.2, 0.25) is 0 Å². The SMILES string of the molecule is CSCCC(NC(=O)C(N)CCCN=C(N)N)C(=O)NC(CC(C)C)C(=O)NC(C(=O)O)C(C)C. The van der Waals surface area contributed by atoms with Gasteiger partial charge in [-0.25, -0.2) is 4.79 Å². The maximum Gasteiger partial charge on any atom is 0.326 e. The number of carbonyl (C=O) groups excluding carboxylic acids is 3. The van der Waals surface area contributed by atoms with Crippen LogP contribution in [0.1, 0.15) is 53.4 Å². The van der Waals surface area contributed by atoms with E-state index in [0.29, 0.717) is 38.0 Å². The van der Waals surface area contributed by atoms with Crippen molar-refractivity contribution in [3.8, 4) is 0 Å². The van der Waals surface area contributed by atoms with Crippen LogP contribution in [0, 0.1) is 11.8 Å². The summed E-state index contributed by atoms with van der Waals surface area (Å²) in [6.07, 6.45) is 3.32. The Bertz CT molecular complexity index is 729. The van der Waals surface area contributed by atoms with Crippen LogP contribution in [0.4, 0.5) is 0 Å². The van der Waals surface area contributed by atoms with Gasteiger partial charge in [-0.15, -0.1) is 0 Å². The van der Waals surface area contributed by atoms with E-state index in [9.17, 15) is 24.3 Å². The molecule has 13 heteroatoms. The Hall–Kier alpha value is -2.54. The van der Waals surface area contributed by atoms with Gasteiger partial charge in [-0.3, -0.25) is 19.4 Å². The minimum atomic E-state index is -1.15. The normalized spacial score (nSPS) is 14.5. The second-order valence-corrected chi connectivity index (χ2v) is 10.1. The van der Waals surface area contributed by atoms with Gasteiger partial charge in [-0.1, -0.05) is 27.7 Å². The molecule has 0 aliphatic rings. The Morgan fingerprint density at radius 3 is 1.97 bits per heavy atom. The van der Waals surface area contributed by atoms with Crippen LogP contribution in [0.5, 0.6) is 0 Å². The Labute approximate surface area is 212 Å². The molecule has 4 atom stereocenters. The first-order valence-electron chi connectivity index (χ1n) is 11.7. The summed E-state index contributed by atoms with van der Waals surface area (Å²) in [4.78, 5) is 53.9. The predicted octanol–water partition coefficient (Wildman–Crippen LogP) is -0.638. The molecule has 0 heterocycles. The van der Waals surface area contributed by atoms with E-state index >= 15 is 0 Å². The van der Waals surface area contributed by atoms with Crippen LogP contribution >= 0.6 is 11.8 Å². The lowest BCUT2D eigenvalue weighted by Crippen LogP contribution is -2.58. The van der Waals surface area contributed by atoms with Crippen LogP contribution in [-0.4, -0.2) is 77.5 Å². The van der Waals surface area contributed by atoms with E-state index in [-0.39, 0.29) is 17.8 Å². The number of nitrogens with two attached hydrogens (primary N) is 3. The van der Waals surface area contributed by atoms with E-state index in [2.05, 4.69) is 20.9 Å². The van der Waals surface area contributed by atoms with Gasteiger partial charge >= 0.3 is 5.97 Å². The van der Waals surface area contributed by atoms with Gasteiger partial charge in [0, 0.05) is 6.54 Å². The zero-order chi connectivity index (χ0) is 27.1. The molecule has 4 unspecified atom stereocenters. The van der Waals surface area contributed by atoms with Crippen molar-refractivity contribution in [1.29, 1.82) is 0 Å². The lowest BCUT2D eigenvalue weighted by atomic mass is 10.00. The van der Waals surface area contributed by atoms with Crippen LogP contribution in [-0.2, 0) is 19.2 Å². The van der Waals surface area contributed by atoms with Gasteiger partial charge in [0.1, 0.15) is 18.1 Å². The maximum absolute atomic E-state index is 13.1. The fraction of sp³-hybridized carbons (Fsp3) is 0.773. The molecule has 0 fully saturated rings. The van der Waals surface area contributed by atoms with E-state index in [1.807, 2.05) is 20.1 Å². The number of aliphatic carboxylic acids is 1. The molecule has 35 heavy (non-hydrogen) atoms. The Balaban J connectivity index is 5.35. The van der Waals surface area contributed by atoms with Crippen LogP contribution in [0.25, 0.3) is 0 Å². The predicted molar refractivity (Wildman–Crippen MR) is 139 cm³/mol. The number of amides is 3. The van der Waals surface area contributed by atoms with Crippen LogP contribution < -0.4 is 33.2 Å². The smallest absolute Gasteiger partial charge is 0.326 e. The zero-order valence-electron chi connectivity index (χ0n) is 21.4. The molecule has 0 rings (SSSR count). The van der Waals surface area contributed by atoms with Crippen molar-refractivity contribution in [2.45, 2.75) is 77.5 Å². The van der Waals surface area contributed by atoms with Crippen molar-refractivity contribution in [2.75, 3.05) is 18.6 Å². The number of carbonyl (C=O) groups is 4. The molecule has 3 amide bonds.